The van der Waals surface area contributed by atoms with Crippen LogP contribution in [0.15, 0.2) is 6.07 Å². The van der Waals surface area contributed by atoms with Crippen molar-refractivity contribution in [3.63, 3.8) is 0 Å². The third-order valence-corrected chi connectivity index (χ3v) is 3.83. The summed E-state index contributed by atoms with van der Waals surface area (Å²) in [5.74, 6) is -0.0469. The lowest BCUT2D eigenvalue weighted by atomic mass is 9.92. The summed E-state index contributed by atoms with van der Waals surface area (Å²) in [5, 5.41) is 18.3. The number of piperidine rings is 1. The van der Waals surface area contributed by atoms with E-state index in [1.165, 1.54) is 6.07 Å². The quantitative estimate of drug-likeness (QED) is 0.814. The van der Waals surface area contributed by atoms with E-state index in [1.807, 2.05) is 4.90 Å². The van der Waals surface area contributed by atoms with Gasteiger partial charge in [0.1, 0.15) is 5.56 Å². The Balaban J connectivity index is 2.18. The van der Waals surface area contributed by atoms with Crippen LogP contribution in [-0.2, 0) is 9.47 Å². The Kier molecular flexibility index (Phi) is 5.55. The number of carbonyl (C=O) groups excluding carboxylic acids is 1. The van der Waals surface area contributed by atoms with E-state index in [1.54, 1.807) is 14.0 Å². The maximum atomic E-state index is 12.0. The molecular weight excluding hydrogens is 310 g/mol. The molecule has 0 saturated carbocycles. The first-order chi connectivity index (χ1) is 10.5. The Bertz CT molecular complexity index is 533. The lowest BCUT2D eigenvalue weighted by Crippen LogP contribution is -2.47. The third-order valence-electron chi connectivity index (χ3n) is 3.65. The van der Waals surface area contributed by atoms with E-state index < -0.39 is 11.6 Å². The van der Waals surface area contributed by atoms with E-state index in [4.69, 9.17) is 21.1 Å². The highest BCUT2D eigenvalue weighted by atomic mass is 35.5. The molecule has 22 heavy (non-hydrogen) atoms. The Morgan fingerprint density at radius 1 is 1.45 bits per heavy atom. The van der Waals surface area contributed by atoms with Gasteiger partial charge in [-0.05, 0) is 25.8 Å². The van der Waals surface area contributed by atoms with E-state index >= 15 is 0 Å². The molecule has 1 aliphatic heterocycles. The van der Waals surface area contributed by atoms with Crippen molar-refractivity contribution in [3.05, 3.63) is 16.8 Å². The molecule has 0 amide bonds. The molecule has 1 aliphatic rings. The lowest BCUT2D eigenvalue weighted by molar-refractivity contribution is -0.0472. The summed E-state index contributed by atoms with van der Waals surface area (Å²) in [6.45, 7) is 3.38. The molecule has 7 nitrogen and oxygen atoms in total. The van der Waals surface area contributed by atoms with Crippen LogP contribution in [0.2, 0.25) is 5.15 Å². The minimum Gasteiger partial charge on any atom is -0.462 e. The number of hydrogen-bond acceptors (Lipinski definition) is 7. The van der Waals surface area contributed by atoms with Gasteiger partial charge in [0.25, 0.3) is 0 Å². The largest absolute Gasteiger partial charge is 0.462 e. The van der Waals surface area contributed by atoms with Gasteiger partial charge < -0.3 is 19.5 Å². The van der Waals surface area contributed by atoms with Crippen LogP contribution in [0.3, 0.4) is 0 Å². The average molecular weight is 330 g/mol. The predicted molar refractivity (Wildman–Crippen MR) is 81.3 cm³/mol. The molecule has 1 saturated heterocycles. The van der Waals surface area contributed by atoms with E-state index in [0.29, 0.717) is 37.3 Å². The van der Waals surface area contributed by atoms with Gasteiger partial charge in [-0.15, -0.1) is 10.2 Å². The number of aliphatic hydroxyl groups is 1. The zero-order valence-corrected chi connectivity index (χ0v) is 13.5. The van der Waals surface area contributed by atoms with E-state index in [2.05, 4.69) is 10.2 Å². The second-order valence-corrected chi connectivity index (χ2v) is 5.66. The first-order valence-corrected chi connectivity index (χ1v) is 7.53. The molecule has 0 aromatic carbocycles. The molecule has 1 aromatic heterocycles. The number of halogens is 1. The van der Waals surface area contributed by atoms with Crippen molar-refractivity contribution in [2.24, 2.45) is 0 Å². The maximum absolute atomic E-state index is 12.0. The van der Waals surface area contributed by atoms with E-state index in [9.17, 15) is 9.90 Å². The third kappa shape index (κ3) is 3.85. The summed E-state index contributed by atoms with van der Waals surface area (Å²) in [5.41, 5.74) is -0.547. The van der Waals surface area contributed by atoms with Gasteiger partial charge >= 0.3 is 5.97 Å². The molecule has 0 spiro atoms. The zero-order chi connectivity index (χ0) is 16.2. The van der Waals surface area contributed by atoms with Gasteiger partial charge in [-0.25, -0.2) is 4.79 Å². The Labute approximate surface area is 134 Å². The Morgan fingerprint density at radius 3 is 2.73 bits per heavy atom. The summed E-state index contributed by atoms with van der Waals surface area (Å²) in [6.07, 6.45) is 1.04. The number of hydrogen-bond donors (Lipinski definition) is 1. The van der Waals surface area contributed by atoms with Crippen LogP contribution in [0.25, 0.3) is 0 Å². The fraction of sp³-hybridized carbons (Fsp3) is 0.643. The fourth-order valence-electron chi connectivity index (χ4n) is 2.50. The molecule has 0 atom stereocenters. The molecule has 2 rings (SSSR count). The predicted octanol–water partition coefficient (Wildman–Crippen LogP) is 1.28. The second-order valence-electron chi connectivity index (χ2n) is 5.27. The highest BCUT2D eigenvalue weighted by molar-refractivity contribution is 6.29. The van der Waals surface area contributed by atoms with Gasteiger partial charge in [-0.1, -0.05) is 11.6 Å². The first kappa shape index (κ1) is 16.9. The van der Waals surface area contributed by atoms with E-state index in [-0.39, 0.29) is 18.4 Å². The molecular formula is C14H20ClN3O4. The van der Waals surface area contributed by atoms with Crippen LogP contribution in [0, 0.1) is 0 Å². The van der Waals surface area contributed by atoms with Crippen LogP contribution in [-0.4, -0.2) is 60.3 Å². The van der Waals surface area contributed by atoms with Crippen molar-refractivity contribution >= 4 is 23.4 Å². The highest BCUT2D eigenvalue weighted by Crippen LogP contribution is 2.28. The van der Waals surface area contributed by atoms with Crippen LogP contribution < -0.4 is 4.90 Å². The minimum atomic E-state index is -0.838. The maximum Gasteiger partial charge on any atom is 0.342 e. The number of aromatic nitrogens is 2. The van der Waals surface area contributed by atoms with Crippen LogP contribution in [0.4, 0.5) is 5.82 Å². The van der Waals surface area contributed by atoms with Gasteiger partial charge in [-0.2, -0.15) is 0 Å². The summed E-state index contributed by atoms with van der Waals surface area (Å²) in [4.78, 5) is 13.9. The first-order valence-electron chi connectivity index (χ1n) is 7.15. The number of rotatable bonds is 5. The topological polar surface area (TPSA) is 84.8 Å². The molecule has 0 bridgehead atoms. The number of methoxy groups -OCH3 is 1. The molecule has 1 fully saturated rings. The SMILES string of the molecule is CCOC(=O)c1cc(Cl)nnc1N1CCC(O)(COC)CC1. The van der Waals surface area contributed by atoms with Gasteiger partial charge in [0.2, 0.25) is 0 Å². The number of anilines is 1. The lowest BCUT2D eigenvalue weighted by Gasteiger charge is -2.38. The molecule has 1 N–H and O–H groups in total. The second kappa shape index (κ2) is 7.21. The molecule has 122 valence electrons. The van der Waals surface area contributed by atoms with Gasteiger partial charge in [0.15, 0.2) is 11.0 Å². The number of nitrogens with zero attached hydrogens (tertiary/aromatic N) is 3. The summed E-state index contributed by atoms with van der Waals surface area (Å²) in [6, 6.07) is 1.46. The van der Waals surface area contributed by atoms with Crippen LogP contribution in [0.5, 0.6) is 0 Å². The summed E-state index contributed by atoms with van der Waals surface area (Å²) >= 11 is 5.83. The van der Waals surface area contributed by atoms with Gasteiger partial charge in [0.05, 0.1) is 18.8 Å². The molecule has 8 heteroatoms. The minimum absolute atomic E-state index is 0.139. The van der Waals surface area contributed by atoms with Crippen molar-refractivity contribution < 1.29 is 19.4 Å². The average Bonchev–Trinajstić information content (AvgIpc) is 2.48. The molecule has 0 aliphatic carbocycles. The van der Waals surface area contributed by atoms with Crippen LogP contribution in [0.1, 0.15) is 30.1 Å². The number of carbonyl (C=O) groups is 1. The van der Waals surface area contributed by atoms with Crippen molar-refractivity contribution in [2.45, 2.75) is 25.4 Å². The normalized spacial score (nSPS) is 17.4. The molecule has 2 heterocycles. The monoisotopic (exact) mass is 329 g/mol. The smallest absolute Gasteiger partial charge is 0.342 e. The van der Waals surface area contributed by atoms with Gasteiger partial charge in [-0.3, -0.25) is 0 Å². The molecule has 0 radical (unpaired) electrons. The Hall–Kier alpha value is -1.44. The van der Waals surface area contributed by atoms with E-state index in [0.717, 1.165) is 0 Å². The van der Waals surface area contributed by atoms with Gasteiger partial charge in [0, 0.05) is 20.2 Å². The fourth-order valence-corrected chi connectivity index (χ4v) is 2.65. The van der Waals surface area contributed by atoms with Crippen LogP contribution >= 0.6 is 11.6 Å². The summed E-state index contributed by atoms with van der Waals surface area (Å²) < 4.78 is 10.1. The summed E-state index contributed by atoms with van der Waals surface area (Å²) in [7, 11) is 1.56. The van der Waals surface area contributed by atoms with Crippen molar-refractivity contribution in [3.8, 4) is 0 Å². The molecule has 1 aromatic rings. The highest BCUT2D eigenvalue weighted by Gasteiger charge is 2.34. The van der Waals surface area contributed by atoms with Crippen molar-refractivity contribution in [2.75, 3.05) is 38.3 Å². The van der Waals surface area contributed by atoms with Crippen molar-refractivity contribution in [1.82, 2.24) is 10.2 Å². The Morgan fingerprint density at radius 2 is 2.14 bits per heavy atom. The number of ether oxygens (including phenoxy) is 2. The molecule has 0 unspecified atom stereocenters. The standard InChI is InChI=1S/C14H20ClN3O4/c1-3-22-13(19)10-8-11(15)16-17-12(10)18-6-4-14(20,5-7-18)9-21-2/h8,20H,3-7,9H2,1-2H3. The zero-order valence-electron chi connectivity index (χ0n) is 12.7. The van der Waals surface area contributed by atoms with Crippen molar-refractivity contribution in [1.29, 1.82) is 0 Å². The number of esters is 1.